The van der Waals surface area contributed by atoms with Crippen molar-refractivity contribution in [1.29, 1.82) is 0 Å². The molecule has 0 spiro atoms. The van der Waals surface area contributed by atoms with Crippen molar-refractivity contribution in [2.75, 3.05) is 38.1 Å². The fourth-order valence-electron chi connectivity index (χ4n) is 3.27. The van der Waals surface area contributed by atoms with Crippen molar-refractivity contribution in [3.63, 3.8) is 0 Å². The van der Waals surface area contributed by atoms with E-state index in [-0.39, 0.29) is 12.1 Å². The zero-order chi connectivity index (χ0) is 20.1. The maximum atomic E-state index is 12.0. The molecule has 0 unspecified atom stereocenters. The number of hydrogen-bond donors (Lipinski definition) is 2. The molecule has 154 valence electrons. The molecule has 3 rings (SSSR count). The van der Waals surface area contributed by atoms with E-state index in [1.165, 1.54) is 12.8 Å². The molecule has 28 heavy (non-hydrogen) atoms. The van der Waals surface area contributed by atoms with Gasteiger partial charge in [-0.15, -0.1) is 0 Å². The molecule has 0 aliphatic carbocycles. The summed E-state index contributed by atoms with van der Waals surface area (Å²) in [5.74, 6) is 1.78. The van der Waals surface area contributed by atoms with Crippen LogP contribution in [0.2, 0.25) is 0 Å². The Morgan fingerprint density at radius 3 is 2.57 bits per heavy atom. The third-order valence-electron chi connectivity index (χ3n) is 4.80. The highest BCUT2D eigenvalue weighted by Crippen LogP contribution is 2.18. The van der Waals surface area contributed by atoms with Crippen LogP contribution in [0.1, 0.15) is 39.2 Å². The van der Waals surface area contributed by atoms with E-state index in [0.717, 1.165) is 30.4 Å². The number of ether oxygens (including phenoxy) is 1. The molecule has 0 atom stereocenters. The van der Waals surface area contributed by atoms with Gasteiger partial charge in [0.15, 0.2) is 5.96 Å². The highest BCUT2D eigenvalue weighted by molar-refractivity contribution is 5.80. The van der Waals surface area contributed by atoms with Crippen molar-refractivity contribution in [2.24, 2.45) is 4.99 Å². The standard InChI is InChI=1S/C20H32N6O2/c1-20(2,3)28-19(27)26-13-16(14-26)24-18(21-4)23-12-15-7-8-17(22-11-15)25-9-5-6-10-25/h7-8,11,16H,5-6,9-10,12-14H2,1-4H3,(H2,21,23,24). The topological polar surface area (TPSA) is 82.1 Å². The summed E-state index contributed by atoms with van der Waals surface area (Å²) < 4.78 is 5.38. The van der Waals surface area contributed by atoms with E-state index >= 15 is 0 Å². The van der Waals surface area contributed by atoms with Crippen molar-refractivity contribution in [3.05, 3.63) is 23.9 Å². The van der Waals surface area contributed by atoms with Crippen molar-refractivity contribution < 1.29 is 9.53 Å². The van der Waals surface area contributed by atoms with Crippen LogP contribution in [0, 0.1) is 0 Å². The second kappa shape index (κ2) is 8.67. The zero-order valence-electron chi connectivity index (χ0n) is 17.4. The maximum absolute atomic E-state index is 12.0. The first-order valence-electron chi connectivity index (χ1n) is 9.99. The highest BCUT2D eigenvalue weighted by Gasteiger charge is 2.34. The normalized spacial score (nSPS) is 18.1. The molecular weight excluding hydrogens is 356 g/mol. The first kappa shape index (κ1) is 20.2. The lowest BCUT2D eigenvalue weighted by Crippen LogP contribution is -2.63. The number of pyridine rings is 1. The van der Waals surface area contributed by atoms with Crippen LogP contribution in [0.25, 0.3) is 0 Å². The summed E-state index contributed by atoms with van der Waals surface area (Å²) in [6.45, 7) is 9.70. The number of likely N-dealkylation sites (tertiary alicyclic amines) is 1. The summed E-state index contributed by atoms with van der Waals surface area (Å²) >= 11 is 0. The van der Waals surface area contributed by atoms with Crippen LogP contribution in [0.5, 0.6) is 0 Å². The predicted octanol–water partition coefficient (Wildman–Crippen LogP) is 1.97. The van der Waals surface area contributed by atoms with Crippen LogP contribution >= 0.6 is 0 Å². The quantitative estimate of drug-likeness (QED) is 0.606. The maximum Gasteiger partial charge on any atom is 0.410 e. The molecule has 0 bridgehead atoms. The lowest BCUT2D eigenvalue weighted by molar-refractivity contribution is 0.00701. The summed E-state index contributed by atoms with van der Waals surface area (Å²) in [5, 5.41) is 6.64. The van der Waals surface area contributed by atoms with Crippen LogP contribution < -0.4 is 15.5 Å². The number of amides is 1. The summed E-state index contributed by atoms with van der Waals surface area (Å²) in [7, 11) is 1.74. The van der Waals surface area contributed by atoms with Gasteiger partial charge in [0.2, 0.25) is 0 Å². The smallest absolute Gasteiger partial charge is 0.410 e. The molecule has 2 N–H and O–H groups in total. The number of nitrogens with one attached hydrogen (secondary N) is 2. The van der Waals surface area contributed by atoms with Crippen molar-refractivity contribution in [2.45, 2.75) is 51.8 Å². The van der Waals surface area contributed by atoms with Crippen LogP contribution in [-0.4, -0.2) is 66.8 Å². The number of aliphatic imine (C=N–C) groups is 1. The molecule has 0 saturated carbocycles. The Morgan fingerprint density at radius 1 is 1.29 bits per heavy atom. The fourth-order valence-corrected chi connectivity index (χ4v) is 3.27. The molecule has 1 aromatic heterocycles. The minimum atomic E-state index is -0.467. The van der Waals surface area contributed by atoms with Crippen LogP contribution in [0.3, 0.4) is 0 Å². The van der Waals surface area contributed by atoms with E-state index in [0.29, 0.717) is 19.6 Å². The Labute approximate surface area is 167 Å². The number of hydrogen-bond acceptors (Lipinski definition) is 5. The summed E-state index contributed by atoms with van der Waals surface area (Å²) in [4.78, 5) is 24.9. The molecule has 1 amide bonds. The summed E-state index contributed by atoms with van der Waals surface area (Å²) in [6.07, 6.45) is 4.15. The first-order valence-corrected chi connectivity index (χ1v) is 9.99. The number of rotatable bonds is 4. The third-order valence-corrected chi connectivity index (χ3v) is 4.80. The van der Waals surface area contributed by atoms with Gasteiger partial charge in [-0.1, -0.05) is 6.07 Å². The van der Waals surface area contributed by atoms with E-state index in [1.54, 1.807) is 11.9 Å². The monoisotopic (exact) mass is 388 g/mol. The molecule has 3 heterocycles. The van der Waals surface area contributed by atoms with Gasteiger partial charge in [-0.05, 0) is 45.2 Å². The fraction of sp³-hybridized carbons (Fsp3) is 0.650. The number of anilines is 1. The van der Waals surface area contributed by atoms with Gasteiger partial charge in [0.25, 0.3) is 0 Å². The van der Waals surface area contributed by atoms with Crippen molar-refractivity contribution in [1.82, 2.24) is 20.5 Å². The Kier molecular flexibility index (Phi) is 6.26. The van der Waals surface area contributed by atoms with Gasteiger partial charge >= 0.3 is 6.09 Å². The molecule has 2 aliphatic heterocycles. The van der Waals surface area contributed by atoms with Gasteiger partial charge in [-0.2, -0.15) is 0 Å². The summed E-state index contributed by atoms with van der Waals surface area (Å²) in [6, 6.07) is 4.37. The molecule has 0 radical (unpaired) electrons. The molecule has 0 aromatic carbocycles. The average molecular weight is 389 g/mol. The van der Waals surface area contributed by atoms with E-state index in [4.69, 9.17) is 4.74 Å². The zero-order valence-corrected chi connectivity index (χ0v) is 17.4. The van der Waals surface area contributed by atoms with Crippen LogP contribution in [0.15, 0.2) is 23.3 Å². The van der Waals surface area contributed by atoms with Crippen molar-refractivity contribution in [3.8, 4) is 0 Å². The molecule has 8 heteroatoms. The van der Waals surface area contributed by atoms with E-state index in [9.17, 15) is 4.79 Å². The first-order chi connectivity index (χ1) is 13.3. The number of carbonyl (C=O) groups is 1. The Hall–Kier alpha value is -2.51. The van der Waals surface area contributed by atoms with Gasteiger partial charge in [0.05, 0.1) is 6.04 Å². The van der Waals surface area contributed by atoms with Gasteiger partial charge in [0.1, 0.15) is 11.4 Å². The van der Waals surface area contributed by atoms with E-state index in [2.05, 4.69) is 37.6 Å². The van der Waals surface area contributed by atoms with Crippen molar-refractivity contribution >= 4 is 17.9 Å². The Bertz CT molecular complexity index is 686. The minimum absolute atomic E-state index is 0.175. The molecule has 2 saturated heterocycles. The lowest BCUT2D eigenvalue weighted by atomic mass is 10.1. The second-order valence-electron chi connectivity index (χ2n) is 8.37. The number of guanidine groups is 1. The molecule has 8 nitrogen and oxygen atoms in total. The summed E-state index contributed by atoms with van der Waals surface area (Å²) in [5.41, 5.74) is 0.640. The van der Waals surface area contributed by atoms with Crippen LogP contribution in [0.4, 0.5) is 10.6 Å². The average Bonchev–Trinajstić information content (AvgIpc) is 3.13. The second-order valence-corrected chi connectivity index (χ2v) is 8.37. The van der Waals surface area contributed by atoms with E-state index < -0.39 is 5.60 Å². The number of carbonyl (C=O) groups excluding carboxylic acids is 1. The molecule has 2 aliphatic rings. The highest BCUT2D eigenvalue weighted by atomic mass is 16.6. The van der Waals surface area contributed by atoms with Gasteiger partial charge in [-0.3, -0.25) is 4.99 Å². The minimum Gasteiger partial charge on any atom is -0.444 e. The van der Waals surface area contributed by atoms with Gasteiger partial charge in [-0.25, -0.2) is 9.78 Å². The number of aromatic nitrogens is 1. The Balaban J connectivity index is 1.40. The SMILES string of the molecule is CN=C(NCc1ccc(N2CCCC2)nc1)NC1CN(C(=O)OC(C)(C)C)C1. The van der Waals surface area contributed by atoms with Gasteiger partial charge in [0, 0.05) is 46.0 Å². The Morgan fingerprint density at radius 2 is 2.00 bits per heavy atom. The van der Waals surface area contributed by atoms with Crippen LogP contribution in [-0.2, 0) is 11.3 Å². The van der Waals surface area contributed by atoms with Gasteiger partial charge < -0.3 is 25.2 Å². The van der Waals surface area contributed by atoms with E-state index in [1.807, 2.05) is 27.0 Å². The lowest BCUT2D eigenvalue weighted by Gasteiger charge is -2.40. The predicted molar refractivity (Wildman–Crippen MR) is 111 cm³/mol. The molecule has 1 aromatic rings. The molecule has 2 fully saturated rings. The number of nitrogens with zero attached hydrogens (tertiary/aromatic N) is 4. The third kappa shape index (κ3) is 5.50. The largest absolute Gasteiger partial charge is 0.444 e. The molecular formula is C20H32N6O2.